The molecule has 0 fully saturated rings. The molecule has 2 aromatic carbocycles. The first-order valence-corrected chi connectivity index (χ1v) is 6.19. The van der Waals surface area contributed by atoms with Crippen LogP contribution in [0.2, 0.25) is 5.02 Å². The maximum atomic E-state index is 13.7. The van der Waals surface area contributed by atoms with Crippen molar-refractivity contribution in [2.45, 2.75) is 6.42 Å². The summed E-state index contributed by atoms with van der Waals surface area (Å²) in [6.07, 6.45) is -0.0999. The summed E-state index contributed by atoms with van der Waals surface area (Å²) in [5, 5.41) is -0.0168. The van der Waals surface area contributed by atoms with Crippen LogP contribution in [0.5, 0.6) is 5.75 Å². The molecule has 0 aliphatic rings. The number of hydrogen-bond donors (Lipinski definition) is 0. The lowest BCUT2D eigenvalue weighted by Crippen LogP contribution is -2.06. The SMILES string of the molecule is COc1ccc(C(=O)Cc2ccc(Cl)c(F)c2)c(F)c1. The van der Waals surface area contributed by atoms with E-state index in [-0.39, 0.29) is 17.0 Å². The third-order valence-corrected chi connectivity index (χ3v) is 3.13. The van der Waals surface area contributed by atoms with E-state index in [2.05, 4.69) is 0 Å². The van der Waals surface area contributed by atoms with Gasteiger partial charge >= 0.3 is 0 Å². The quantitative estimate of drug-likeness (QED) is 0.796. The first kappa shape index (κ1) is 14.5. The summed E-state index contributed by atoms with van der Waals surface area (Å²) in [5.41, 5.74) is 0.383. The fourth-order valence-corrected chi connectivity index (χ4v) is 1.90. The number of carbonyl (C=O) groups excluding carboxylic acids is 1. The van der Waals surface area contributed by atoms with E-state index in [0.29, 0.717) is 11.3 Å². The van der Waals surface area contributed by atoms with Crippen molar-refractivity contribution in [3.8, 4) is 5.75 Å². The second-order valence-corrected chi connectivity index (χ2v) is 4.60. The van der Waals surface area contributed by atoms with E-state index in [1.807, 2.05) is 0 Å². The van der Waals surface area contributed by atoms with Gasteiger partial charge in [0.05, 0.1) is 17.7 Å². The largest absolute Gasteiger partial charge is 0.497 e. The molecule has 0 bridgehead atoms. The summed E-state index contributed by atoms with van der Waals surface area (Å²) in [6, 6.07) is 8.05. The molecule has 20 heavy (non-hydrogen) atoms. The van der Waals surface area contributed by atoms with Gasteiger partial charge in [0, 0.05) is 12.5 Å². The Balaban J connectivity index is 2.21. The summed E-state index contributed by atoms with van der Waals surface area (Å²) in [4.78, 5) is 12.0. The van der Waals surface area contributed by atoms with Crippen LogP contribution >= 0.6 is 11.6 Å². The molecule has 0 atom stereocenters. The van der Waals surface area contributed by atoms with Crippen LogP contribution in [-0.4, -0.2) is 12.9 Å². The number of carbonyl (C=O) groups is 1. The fraction of sp³-hybridized carbons (Fsp3) is 0.133. The van der Waals surface area contributed by atoms with Crippen molar-refractivity contribution in [2.24, 2.45) is 0 Å². The number of methoxy groups -OCH3 is 1. The number of Topliss-reactive ketones (excluding diaryl/α,β-unsaturated/α-hetero) is 1. The standard InChI is InChI=1S/C15H11ClF2O2/c1-20-10-3-4-11(13(17)8-10)15(19)7-9-2-5-12(16)14(18)6-9/h2-6,8H,7H2,1H3. The normalized spacial score (nSPS) is 10.4. The molecule has 0 aliphatic heterocycles. The Kier molecular flexibility index (Phi) is 4.35. The van der Waals surface area contributed by atoms with E-state index in [9.17, 15) is 13.6 Å². The van der Waals surface area contributed by atoms with Crippen molar-refractivity contribution in [3.05, 3.63) is 64.2 Å². The summed E-state index contributed by atoms with van der Waals surface area (Å²) in [7, 11) is 1.41. The Labute approximate surface area is 119 Å². The van der Waals surface area contributed by atoms with Crippen LogP contribution in [0.3, 0.4) is 0 Å². The minimum atomic E-state index is -0.663. The van der Waals surface area contributed by atoms with E-state index < -0.39 is 17.4 Å². The summed E-state index contributed by atoms with van der Waals surface area (Å²) in [6.45, 7) is 0. The van der Waals surface area contributed by atoms with Crippen molar-refractivity contribution < 1.29 is 18.3 Å². The molecule has 0 amide bonds. The van der Waals surface area contributed by atoms with Gasteiger partial charge in [-0.05, 0) is 29.8 Å². The molecule has 0 heterocycles. The summed E-state index contributed by atoms with van der Waals surface area (Å²) < 4.78 is 31.9. The molecule has 0 unspecified atom stereocenters. The average molecular weight is 297 g/mol. The predicted octanol–water partition coefficient (Wildman–Crippen LogP) is 4.05. The Bertz CT molecular complexity index is 656. The number of benzene rings is 2. The summed E-state index contributed by atoms with van der Waals surface area (Å²) in [5.74, 6) is -1.38. The van der Waals surface area contributed by atoms with E-state index >= 15 is 0 Å². The van der Waals surface area contributed by atoms with Gasteiger partial charge in [-0.2, -0.15) is 0 Å². The molecule has 0 saturated heterocycles. The monoisotopic (exact) mass is 296 g/mol. The highest BCUT2D eigenvalue weighted by Crippen LogP contribution is 2.20. The molecular formula is C15H11ClF2O2. The molecule has 0 saturated carbocycles. The van der Waals surface area contributed by atoms with Crippen molar-refractivity contribution >= 4 is 17.4 Å². The molecule has 2 aromatic rings. The van der Waals surface area contributed by atoms with Gasteiger partial charge in [-0.1, -0.05) is 17.7 Å². The minimum Gasteiger partial charge on any atom is -0.497 e. The van der Waals surface area contributed by atoms with Crippen LogP contribution in [-0.2, 0) is 6.42 Å². The van der Waals surface area contributed by atoms with Gasteiger partial charge < -0.3 is 4.74 Å². The lowest BCUT2D eigenvalue weighted by atomic mass is 10.0. The van der Waals surface area contributed by atoms with E-state index in [0.717, 1.165) is 6.07 Å². The third-order valence-electron chi connectivity index (χ3n) is 2.83. The van der Waals surface area contributed by atoms with Gasteiger partial charge in [0.1, 0.15) is 17.4 Å². The number of rotatable bonds is 4. The van der Waals surface area contributed by atoms with Crippen LogP contribution in [0.1, 0.15) is 15.9 Å². The second kappa shape index (κ2) is 6.01. The minimum absolute atomic E-state index is 0.0168. The van der Waals surface area contributed by atoms with E-state index in [1.165, 1.54) is 37.4 Å². The van der Waals surface area contributed by atoms with Crippen LogP contribution in [0.15, 0.2) is 36.4 Å². The van der Waals surface area contributed by atoms with Crippen LogP contribution < -0.4 is 4.74 Å². The third kappa shape index (κ3) is 3.14. The Morgan fingerprint density at radius 2 is 1.90 bits per heavy atom. The zero-order valence-electron chi connectivity index (χ0n) is 10.6. The molecule has 0 spiro atoms. The highest BCUT2D eigenvalue weighted by atomic mass is 35.5. The molecule has 104 valence electrons. The lowest BCUT2D eigenvalue weighted by molar-refractivity contribution is 0.0989. The lowest BCUT2D eigenvalue weighted by Gasteiger charge is -2.06. The molecule has 5 heteroatoms. The van der Waals surface area contributed by atoms with Gasteiger partial charge in [-0.25, -0.2) is 8.78 Å². The van der Waals surface area contributed by atoms with Crippen molar-refractivity contribution in [2.75, 3.05) is 7.11 Å². The average Bonchev–Trinajstić information content (AvgIpc) is 2.42. The Morgan fingerprint density at radius 3 is 2.50 bits per heavy atom. The number of hydrogen-bond acceptors (Lipinski definition) is 2. The van der Waals surface area contributed by atoms with Crippen molar-refractivity contribution in [1.82, 2.24) is 0 Å². The zero-order chi connectivity index (χ0) is 14.7. The number of ether oxygens (including phenoxy) is 1. The molecular weight excluding hydrogens is 286 g/mol. The summed E-state index contributed by atoms with van der Waals surface area (Å²) >= 11 is 5.56. The van der Waals surface area contributed by atoms with Crippen molar-refractivity contribution in [1.29, 1.82) is 0 Å². The highest BCUT2D eigenvalue weighted by molar-refractivity contribution is 6.30. The number of ketones is 1. The van der Waals surface area contributed by atoms with Gasteiger partial charge in [0.25, 0.3) is 0 Å². The highest BCUT2D eigenvalue weighted by Gasteiger charge is 2.14. The predicted molar refractivity (Wildman–Crippen MR) is 72.4 cm³/mol. The number of halogens is 3. The topological polar surface area (TPSA) is 26.3 Å². The van der Waals surface area contributed by atoms with Crippen LogP contribution in [0.4, 0.5) is 8.78 Å². The van der Waals surface area contributed by atoms with Crippen LogP contribution in [0, 0.1) is 11.6 Å². The molecule has 0 radical (unpaired) electrons. The first-order chi connectivity index (χ1) is 9.51. The van der Waals surface area contributed by atoms with E-state index in [4.69, 9.17) is 16.3 Å². The van der Waals surface area contributed by atoms with Gasteiger partial charge in [0.2, 0.25) is 0 Å². The molecule has 0 N–H and O–H groups in total. The maximum Gasteiger partial charge on any atom is 0.170 e. The molecule has 2 rings (SSSR count). The van der Waals surface area contributed by atoms with E-state index in [1.54, 1.807) is 0 Å². The van der Waals surface area contributed by atoms with Gasteiger partial charge in [-0.15, -0.1) is 0 Å². The van der Waals surface area contributed by atoms with Gasteiger partial charge in [0.15, 0.2) is 5.78 Å². The van der Waals surface area contributed by atoms with Crippen LogP contribution in [0.25, 0.3) is 0 Å². The molecule has 0 aromatic heterocycles. The molecule has 2 nitrogen and oxygen atoms in total. The van der Waals surface area contributed by atoms with Crippen molar-refractivity contribution in [3.63, 3.8) is 0 Å². The van der Waals surface area contributed by atoms with Gasteiger partial charge in [-0.3, -0.25) is 4.79 Å². The Morgan fingerprint density at radius 1 is 1.15 bits per heavy atom. The molecule has 0 aliphatic carbocycles. The zero-order valence-corrected chi connectivity index (χ0v) is 11.4. The smallest absolute Gasteiger partial charge is 0.170 e. The fourth-order valence-electron chi connectivity index (χ4n) is 1.78. The maximum absolute atomic E-state index is 13.7. The Hall–Kier alpha value is -1.94. The second-order valence-electron chi connectivity index (χ2n) is 4.19. The first-order valence-electron chi connectivity index (χ1n) is 5.82.